The predicted octanol–water partition coefficient (Wildman–Crippen LogP) is 3.03. The van der Waals surface area contributed by atoms with Gasteiger partial charge >= 0.3 is 0 Å². The maximum atomic E-state index is 3.52. The lowest BCUT2D eigenvalue weighted by atomic mass is 9.97. The van der Waals surface area contributed by atoms with E-state index in [4.69, 9.17) is 0 Å². The Kier molecular flexibility index (Phi) is 2.37. The van der Waals surface area contributed by atoms with Crippen LogP contribution in [0.4, 0.5) is 11.4 Å². The molecule has 0 aliphatic carbocycles. The molecule has 1 N–H and O–H groups in total. The number of fused-ring (bicyclic) bond motifs is 1. The van der Waals surface area contributed by atoms with Crippen LogP contribution in [0.1, 0.15) is 26.3 Å². The fourth-order valence-corrected chi connectivity index (χ4v) is 2.36. The lowest BCUT2D eigenvalue weighted by Gasteiger charge is -2.45. The predicted molar refractivity (Wildman–Crippen MR) is 66.8 cm³/mol. The molecule has 0 saturated heterocycles. The molecule has 2 heteroatoms. The Morgan fingerprint density at radius 3 is 2.80 bits per heavy atom. The van der Waals surface area contributed by atoms with Gasteiger partial charge in [-0.3, -0.25) is 0 Å². The van der Waals surface area contributed by atoms with Crippen LogP contribution in [0.5, 0.6) is 0 Å². The molecule has 1 aromatic rings. The van der Waals surface area contributed by atoms with Crippen LogP contribution in [-0.4, -0.2) is 18.6 Å². The average Bonchev–Trinajstić information content (AvgIpc) is 2.18. The van der Waals surface area contributed by atoms with Crippen molar-refractivity contribution in [2.45, 2.75) is 33.2 Å². The number of benzene rings is 1. The Hall–Kier alpha value is -1.18. The van der Waals surface area contributed by atoms with E-state index in [0.717, 1.165) is 13.1 Å². The van der Waals surface area contributed by atoms with Crippen LogP contribution in [0.3, 0.4) is 0 Å². The van der Waals surface area contributed by atoms with Crippen molar-refractivity contribution in [1.82, 2.24) is 0 Å². The van der Waals surface area contributed by atoms with Crippen molar-refractivity contribution >= 4 is 11.4 Å². The molecule has 0 atom stereocenters. The maximum absolute atomic E-state index is 3.52. The molecule has 82 valence electrons. The van der Waals surface area contributed by atoms with Gasteiger partial charge in [-0.15, -0.1) is 0 Å². The van der Waals surface area contributed by atoms with Crippen molar-refractivity contribution in [3.05, 3.63) is 23.8 Å². The molecule has 0 fully saturated rings. The van der Waals surface area contributed by atoms with Gasteiger partial charge in [0.1, 0.15) is 0 Å². The van der Waals surface area contributed by atoms with E-state index in [9.17, 15) is 0 Å². The minimum absolute atomic E-state index is 0.205. The molecule has 1 aromatic carbocycles. The van der Waals surface area contributed by atoms with Crippen molar-refractivity contribution < 1.29 is 0 Å². The van der Waals surface area contributed by atoms with Gasteiger partial charge in [-0.25, -0.2) is 0 Å². The first-order chi connectivity index (χ1) is 7.04. The third-order valence-corrected chi connectivity index (χ3v) is 3.20. The van der Waals surface area contributed by atoms with Crippen molar-refractivity contribution in [2.24, 2.45) is 0 Å². The number of hydrogen-bond donors (Lipinski definition) is 1. The van der Waals surface area contributed by atoms with Crippen LogP contribution in [-0.2, 0) is 0 Å². The molecule has 0 amide bonds. The summed E-state index contributed by atoms with van der Waals surface area (Å²) in [5.74, 6) is 0. The number of anilines is 2. The lowest BCUT2D eigenvalue weighted by Crippen LogP contribution is -2.52. The van der Waals surface area contributed by atoms with Crippen LogP contribution in [0, 0.1) is 6.92 Å². The molecule has 0 radical (unpaired) electrons. The van der Waals surface area contributed by atoms with Gasteiger partial charge in [0.15, 0.2) is 0 Å². The zero-order valence-electron chi connectivity index (χ0n) is 10.1. The fraction of sp³-hybridized carbons (Fsp3) is 0.538. The van der Waals surface area contributed by atoms with Gasteiger partial charge in [0.2, 0.25) is 0 Å². The van der Waals surface area contributed by atoms with E-state index in [-0.39, 0.29) is 5.54 Å². The first-order valence-electron chi connectivity index (χ1n) is 5.67. The Morgan fingerprint density at radius 1 is 1.40 bits per heavy atom. The zero-order valence-corrected chi connectivity index (χ0v) is 10.1. The molecule has 15 heavy (non-hydrogen) atoms. The molecule has 2 nitrogen and oxygen atoms in total. The van der Waals surface area contributed by atoms with Gasteiger partial charge in [0.25, 0.3) is 0 Å². The van der Waals surface area contributed by atoms with Crippen LogP contribution in [0.2, 0.25) is 0 Å². The third kappa shape index (κ3) is 1.69. The monoisotopic (exact) mass is 204 g/mol. The average molecular weight is 204 g/mol. The summed E-state index contributed by atoms with van der Waals surface area (Å²) in [6, 6.07) is 6.64. The van der Waals surface area contributed by atoms with Crippen molar-refractivity contribution in [1.29, 1.82) is 0 Å². The summed E-state index contributed by atoms with van der Waals surface area (Å²) >= 11 is 0. The van der Waals surface area contributed by atoms with E-state index in [2.05, 4.69) is 56.1 Å². The number of aryl methyl sites for hydroxylation is 1. The molecule has 0 bridgehead atoms. The summed E-state index contributed by atoms with van der Waals surface area (Å²) in [6.45, 7) is 11.0. The van der Waals surface area contributed by atoms with Gasteiger partial charge in [-0.05, 0) is 45.4 Å². The normalized spacial score (nSPS) is 18.3. The molecular formula is C13H20N2. The van der Waals surface area contributed by atoms with Crippen LogP contribution >= 0.6 is 0 Å². The summed E-state index contributed by atoms with van der Waals surface area (Å²) in [5, 5.41) is 3.52. The van der Waals surface area contributed by atoms with E-state index in [0.29, 0.717) is 0 Å². The molecule has 1 heterocycles. The highest BCUT2D eigenvalue weighted by molar-refractivity contribution is 5.74. The molecule has 0 saturated carbocycles. The second kappa shape index (κ2) is 3.44. The van der Waals surface area contributed by atoms with E-state index in [1.165, 1.54) is 16.9 Å². The first-order valence-corrected chi connectivity index (χ1v) is 5.67. The molecule has 0 unspecified atom stereocenters. The van der Waals surface area contributed by atoms with Gasteiger partial charge < -0.3 is 10.2 Å². The Balaban J connectivity index is 2.47. The van der Waals surface area contributed by atoms with Gasteiger partial charge in [0, 0.05) is 13.1 Å². The topological polar surface area (TPSA) is 15.3 Å². The largest absolute Gasteiger partial charge is 0.381 e. The molecule has 1 aliphatic heterocycles. The van der Waals surface area contributed by atoms with Gasteiger partial charge in [-0.2, -0.15) is 0 Å². The minimum atomic E-state index is 0.205. The van der Waals surface area contributed by atoms with Crippen LogP contribution in [0.15, 0.2) is 18.2 Å². The highest BCUT2D eigenvalue weighted by Gasteiger charge is 2.31. The maximum Gasteiger partial charge on any atom is 0.0607 e. The summed E-state index contributed by atoms with van der Waals surface area (Å²) in [4.78, 5) is 2.47. The smallest absolute Gasteiger partial charge is 0.0607 e. The lowest BCUT2D eigenvalue weighted by molar-refractivity contribution is 0.480. The van der Waals surface area contributed by atoms with E-state index in [1.807, 2.05) is 0 Å². The standard InChI is InChI=1S/C13H20N2/c1-5-15-12-7-6-10(2)8-11(12)14-9-13(15,3)4/h6-8,14H,5,9H2,1-4H3. The van der Waals surface area contributed by atoms with Gasteiger partial charge in [-0.1, -0.05) is 6.07 Å². The second-order valence-corrected chi connectivity index (χ2v) is 4.93. The minimum Gasteiger partial charge on any atom is -0.381 e. The zero-order chi connectivity index (χ0) is 11.1. The molecule has 0 aromatic heterocycles. The first kappa shape index (κ1) is 10.3. The Labute approximate surface area is 92.3 Å². The number of likely N-dealkylation sites (N-methyl/N-ethyl adjacent to an activating group) is 1. The van der Waals surface area contributed by atoms with E-state index < -0.39 is 0 Å². The SMILES string of the molecule is CCN1c2ccc(C)cc2NCC1(C)C. The van der Waals surface area contributed by atoms with Crippen molar-refractivity contribution in [3.63, 3.8) is 0 Å². The third-order valence-electron chi connectivity index (χ3n) is 3.20. The van der Waals surface area contributed by atoms with Crippen molar-refractivity contribution in [2.75, 3.05) is 23.3 Å². The summed E-state index contributed by atoms with van der Waals surface area (Å²) in [6.07, 6.45) is 0. The van der Waals surface area contributed by atoms with Crippen LogP contribution < -0.4 is 10.2 Å². The quantitative estimate of drug-likeness (QED) is 0.756. The highest BCUT2D eigenvalue weighted by atomic mass is 15.2. The number of nitrogens with one attached hydrogen (secondary N) is 1. The number of hydrogen-bond acceptors (Lipinski definition) is 2. The van der Waals surface area contributed by atoms with E-state index >= 15 is 0 Å². The van der Waals surface area contributed by atoms with Crippen LogP contribution in [0.25, 0.3) is 0 Å². The Morgan fingerprint density at radius 2 is 2.13 bits per heavy atom. The summed E-state index contributed by atoms with van der Waals surface area (Å²) in [7, 11) is 0. The molecule has 2 rings (SSSR count). The van der Waals surface area contributed by atoms with Crippen molar-refractivity contribution in [3.8, 4) is 0 Å². The van der Waals surface area contributed by atoms with E-state index in [1.54, 1.807) is 0 Å². The van der Waals surface area contributed by atoms with Gasteiger partial charge in [0.05, 0.1) is 16.9 Å². The summed E-state index contributed by atoms with van der Waals surface area (Å²) in [5.41, 5.74) is 4.13. The second-order valence-electron chi connectivity index (χ2n) is 4.93. The fourth-order valence-electron chi connectivity index (χ4n) is 2.36. The molecular weight excluding hydrogens is 184 g/mol. The molecule has 0 spiro atoms. The number of nitrogens with zero attached hydrogens (tertiary/aromatic N) is 1. The highest BCUT2D eigenvalue weighted by Crippen LogP contribution is 2.36. The molecule has 1 aliphatic rings. The Bertz CT molecular complexity index is 369. The summed E-state index contributed by atoms with van der Waals surface area (Å²) < 4.78 is 0. The number of rotatable bonds is 1.